The van der Waals surface area contributed by atoms with Crippen LogP contribution in [0.4, 0.5) is 8.78 Å². The molecule has 1 amide bonds. The molecule has 0 aliphatic heterocycles. The Morgan fingerprint density at radius 1 is 1.05 bits per heavy atom. The first kappa shape index (κ1) is 17.9. The quantitative estimate of drug-likeness (QED) is 0.642. The molecule has 1 rings (SSSR count). The molecule has 0 bridgehead atoms. The molecule has 1 aliphatic rings. The van der Waals surface area contributed by atoms with Crippen molar-refractivity contribution in [2.24, 2.45) is 5.92 Å². The van der Waals surface area contributed by atoms with Crippen LogP contribution in [0.15, 0.2) is 0 Å². The van der Waals surface area contributed by atoms with Crippen molar-refractivity contribution in [2.45, 2.75) is 70.1 Å². The summed E-state index contributed by atoms with van der Waals surface area (Å²) in [5.74, 6) is -3.72. The summed E-state index contributed by atoms with van der Waals surface area (Å²) in [7, 11) is 0. The van der Waals surface area contributed by atoms with E-state index in [1.54, 1.807) is 0 Å². The SMILES string of the molecule is O=C(O)CCCCCCCNC(=O)C1CCC(F)(F)CC1. The Kier molecular flexibility index (Phi) is 7.61. The third kappa shape index (κ3) is 7.97. The number of hydrogen-bond donors (Lipinski definition) is 2. The minimum Gasteiger partial charge on any atom is -0.481 e. The van der Waals surface area contributed by atoms with E-state index >= 15 is 0 Å². The van der Waals surface area contributed by atoms with E-state index in [0.29, 0.717) is 13.0 Å². The maximum atomic E-state index is 13.0. The number of unbranched alkanes of at least 4 members (excludes halogenated alkanes) is 4. The fraction of sp³-hybridized carbons (Fsp3) is 0.867. The molecule has 0 unspecified atom stereocenters. The van der Waals surface area contributed by atoms with E-state index in [4.69, 9.17) is 5.11 Å². The van der Waals surface area contributed by atoms with E-state index in [2.05, 4.69) is 5.32 Å². The monoisotopic (exact) mass is 305 g/mol. The number of carboxylic acids is 1. The Labute approximate surface area is 124 Å². The molecule has 1 saturated carbocycles. The smallest absolute Gasteiger partial charge is 0.303 e. The molecule has 0 aromatic rings. The molecule has 0 spiro atoms. The topological polar surface area (TPSA) is 66.4 Å². The summed E-state index contributed by atoms with van der Waals surface area (Å²) in [6.07, 6.45) is 4.72. The highest BCUT2D eigenvalue weighted by Crippen LogP contribution is 2.36. The maximum absolute atomic E-state index is 13.0. The highest BCUT2D eigenvalue weighted by molar-refractivity contribution is 5.78. The van der Waals surface area contributed by atoms with Crippen molar-refractivity contribution in [3.05, 3.63) is 0 Å². The van der Waals surface area contributed by atoms with Crippen molar-refractivity contribution in [1.29, 1.82) is 0 Å². The zero-order valence-corrected chi connectivity index (χ0v) is 12.4. The van der Waals surface area contributed by atoms with Gasteiger partial charge in [0.2, 0.25) is 11.8 Å². The molecule has 0 atom stereocenters. The number of carboxylic acid groups (broad SMARTS) is 1. The van der Waals surface area contributed by atoms with Gasteiger partial charge in [-0.2, -0.15) is 0 Å². The number of halogens is 2. The summed E-state index contributed by atoms with van der Waals surface area (Å²) in [6, 6.07) is 0. The molecule has 6 heteroatoms. The Balaban J connectivity index is 1.98. The van der Waals surface area contributed by atoms with Gasteiger partial charge in [0.1, 0.15) is 0 Å². The molecule has 1 fully saturated rings. The van der Waals surface area contributed by atoms with Crippen LogP contribution in [0.2, 0.25) is 0 Å². The van der Waals surface area contributed by atoms with Gasteiger partial charge in [-0.05, 0) is 25.7 Å². The number of carbonyl (C=O) groups excluding carboxylic acids is 1. The van der Waals surface area contributed by atoms with Gasteiger partial charge in [-0.15, -0.1) is 0 Å². The first-order valence-corrected chi connectivity index (χ1v) is 7.78. The van der Waals surface area contributed by atoms with Crippen LogP contribution in [0.25, 0.3) is 0 Å². The van der Waals surface area contributed by atoms with Gasteiger partial charge in [-0.25, -0.2) is 8.78 Å². The van der Waals surface area contributed by atoms with Gasteiger partial charge in [0.25, 0.3) is 0 Å². The van der Waals surface area contributed by atoms with Crippen molar-refractivity contribution in [3.8, 4) is 0 Å². The van der Waals surface area contributed by atoms with Crippen LogP contribution < -0.4 is 5.32 Å². The fourth-order valence-electron chi connectivity index (χ4n) is 2.59. The van der Waals surface area contributed by atoms with Gasteiger partial charge in [-0.1, -0.05) is 19.3 Å². The van der Waals surface area contributed by atoms with Crippen LogP contribution in [0.3, 0.4) is 0 Å². The van der Waals surface area contributed by atoms with Crippen LogP contribution in [-0.4, -0.2) is 29.5 Å². The van der Waals surface area contributed by atoms with Gasteiger partial charge in [-0.3, -0.25) is 9.59 Å². The summed E-state index contributed by atoms with van der Waals surface area (Å²) < 4.78 is 26.0. The summed E-state index contributed by atoms with van der Waals surface area (Å²) in [4.78, 5) is 22.1. The zero-order chi connectivity index (χ0) is 15.7. The Bertz CT molecular complexity index is 338. The van der Waals surface area contributed by atoms with Gasteiger partial charge in [0, 0.05) is 31.7 Å². The van der Waals surface area contributed by atoms with E-state index < -0.39 is 11.9 Å². The van der Waals surface area contributed by atoms with Crippen molar-refractivity contribution in [1.82, 2.24) is 5.32 Å². The van der Waals surface area contributed by atoms with Crippen LogP contribution in [0, 0.1) is 5.92 Å². The number of alkyl halides is 2. The van der Waals surface area contributed by atoms with E-state index in [-0.39, 0.29) is 43.9 Å². The third-order valence-corrected chi connectivity index (χ3v) is 3.95. The molecule has 0 aromatic heterocycles. The average Bonchev–Trinajstić information content (AvgIpc) is 2.41. The van der Waals surface area contributed by atoms with Crippen LogP contribution in [0.5, 0.6) is 0 Å². The molecule has 0 heterocycles. The molecule has 21 heavy (non-hydrogen) atoms. The van der Waals surface area contributed by atoms with E-state index in [1.165, 1.54) is 0 Å². The fourth-order valence-corrected chi connectivity index (χ4v) is 2.59. The molecule has 4 nitrogen and oxygen atoms in total. The van der Waals surface area contributed by atoms with Gasteiger partial charge >= 0.3 is 5.97 Å². The highest BCUT2D eigenvalue weighted by atomic mass is 19.3. The predicted octanol–water partition coefficient (Wildman–Crippen LogP) is 3.35. The summed E-state index contributed by atoms with van der Waals surface area (Å²) >= 11 is 0. The zero-order valence-electron chi connectivity index (χ0n) is 12.4. The molecular weight excluding hydrogens is 280 g/mol. The summed E-state index contributed by atoms with van der Waals surface area (Å²) in [6.45, 7) is 0.574. The molecule has 0 saturated heterocycles. The lowest BCUT2D eigenvalue weighted by atomic mass is 9.86. The lowest BCUT2D eigenvalue weighted by Crippen LogP contribution is -2.36. The molecule has 1 aliphatic carbocycles. The normalized spacial score (nSPS) is 18.4. The van der Waals surface area contributed by atoms with Crippen molar-refractivity contribution < 1.29 is 23.5 Å². The standard InChI is InChI=1S/C15H25F2NO3/c16-15(17)9-7-12(8-10-15)14(21)18-11-5-3-1-2-4-6-13(19)20/h12H,1-11H2,(H,18,21)(H,19,20). The Morgan fingerprint density at radius 3 is 2.24 bits per heavy atom. The van der Waals surface area contributed by atoms with E-state index in [1.807, 2.05) is 0 Å². The Hall–Kier alpha value is -1.20. The van der Waals surface area contributed by atoms with Crippen LogP contribution in [-0.2, 0) is 9.59 Å². The number of nitrogens with one attached hydrogen (secondary N) is 1. The largest absolute Gasteiger partial charge is 0.481 e. The molecule has 2 N–H and O–H groups in total. The third-order valence-electron chi connectivity index (χ3n) is 3.95. The number of aliphatic carboxylic acids is 1. The van der Waals surface area contributed by atoms with Crippen molar-refractivity contribution >= 4 is 11.9 Å². The first-order valence-electron chi connectivity index (χ1n) is 7.78. The second-order valence-electron chi connectivity index (χ2n) is 5.83. The average molecular weight is 305 g/mol. The lowest BCUT2D eigenvalue weighted by molar-refractivity contribution is -0.137. The van der Waals surface area contributed by atoms with E-state index in [9.17, 15) is 18.4 Å². The van der Waals surface area contributed by atoms with Crippen LogP contribution >= 0.6 is 0 Å². The Morgan fingerprint density at radius 2 is 1.62 bits per heavy atom. The predicted molar refractivity (Wildman–Crippen MR) is 75.3 cm³/mol. The van der Waals surface area contributed by atoms with Crippen molar-refractivity contribution in [3.63, 3.8) is 0 Å². The number of hydrogen-bond acceptors (Lipinski definition) is 2. The number of amides is 1. The first-order chi connectivity index (χ1) is 9.91. The molecule has 122 valence electrons. The summed E-state index contributed by atoms with van der Waals surface area (Å²) in [5, 5.41) is 11.3. The lowest BCUT2D eigenvalue weighted by Gasteiger charge is -2.27. The summed E-state index contributed by atoms with van der Waals surface area (Å²) in [5.41, 5.74) is 0. The number of rotatable bonds is 9. The minimum absolute atomic E-state index is 0.101. The molecule has 0 aromatic carbocycles. The van der Waals surface area contributed by atoms with E-state index in [0.717, 1.165) is 25.7 Å². The van der Waals surface area contributed by atoms with Crippen LogP contribution in [0.1, 0.15) is 64.2 Å². The second kappa shape index (κ2) is 8.95. The van der Waals surface area contributed by atoms with Gasteiger partial charge in [0.05, 0.1) is 0 Å². The minimum atomic E-state index is -2.59. The van der Waals surface area contributed by atoms with Gasteiger partial charge in [0.15, 0.2) is 0 Å². The number of carbonyl (C=O) groups is 2. The second-order valence-corrected chi connectivity index (χ2v) is 5.83. The highest BCUT2D eigenvalue weighted by Gasteiger charge is 2.37. The van der Waals surface area contributed by atoms with Gasteiger partial charge < -0.3 is 10.4 Å². The molecule has 0 radical (unpaired) electrons. The van der Waals surface area contributed by atoms with Crippen molar-refractivity contribution in [2.75, 3.05) is 6.54 Å². The molecular formula is C15H25F2NO3. The maximum Gasteiger partial charge on any atom is 0.303 e.